The molecule has 0 unspecified atom stereocenters. The van der Waals surface area contributed by atoms with Crippen LogP contribution in [0.4, 0.5) is 10.1 Å². The van der Waals surface area contributed by atoms with Crippen LogP contribution in [-0.4, -0.2) is 32.1 Å². The predicted octanol–water partition coefficient (Wildman–Crippen LogP) is 5.12. The lowest BCUT2D eigenvalue weighted by atomic mass is 10.1. The van der Waals surface area contributed by atoms with Gasteiger partial charge in [0, 0.05) is 25.3 Å². The Morgan fingerprint density at radius 1 is 0.941 bits per heavy atom. The first-order valence-corrected chi connectivity index (χ1v) is 10.8. The average Bonchev–Trinajstić information content (AvgIpc) is 2.81. The molecule has 0 spiro atoms. The maximum atomic E-state index is 13.9. The van der Waals surface area contributed by atoms with Gasteiger partial charge in [-0.15, -0.1) is 0 Å². The van der Waals surface area contributed by atoms with E-state index in [1.54, 1.807) is 30.3 Å². The Labute approximate surface area is 206 Å². The molecule has 0 aliphatic carbocycles. The molecule has 6 nitrogen and oxygen atoms in total. The summed E-state index contributed by atoms with van der Waals surface area (Å²) in [5.74, 6) is -1.88. The Morgan fingerprint density at radius 3 is 2.26 bits per heavy atom. The van der Waals surface area contributed by atoms with E-state index in [1.165, 1.54) is 30.3 Å². The zero-order valence-corrected chi connectivity index (χ0v) is 19.9. The maximum Gasteiger partial charge on any atom is 0.287 e. The molecule has 9 heteroatoms. The summed E-state index contributed by atoms with van der Waals surface area (Å²) in [6.07, 6.45) is 2.59. The minimum atomic E-state index is -0.721. The van der Waals surface area contributed by atoms with Crippen LogP contribution in [0.15, 0.2) is 77.5 Å². The molecule has 2 N–H and O–H groups in total. The first-order valence-electron chi connectivity index (χ1n) is 10.1. The smallest absolute Gasteiger partial charge is 0.287 e. The molecule has 0 saturated carbocycles. The zero-order chi connectivity index (χ0) is 24.7. The minimum absolute atomic E-state index is 0.0226. The van der Waals surface area contributed by atoms with Gasteiger partial charge in [-0.25, -0.2) is 9.82 Å². The van der Waals surface area contributed by atoms with Crippen LogP contribution in [0.3, 0.4) is 0 Å². The molecular weight excluding hydrogens is 478 g/mol. The molecule has 0 radical (unpaired) electrons. The molecule has 3 aromatic rings. The fraction of sp³-hybridized carbons (Fsp3) is 0.0800. The lowest BCUT2D eigenvalue weighted by molar-refractivity contribution is -0.117. The second-order valence-corrected chi connectivity index (χ2v) is 8.13. The Kier molecular flexibility index (Phi) is 8.40. The molecule has 2 amide bonds. The molecule has 0 bridgehead atoms. The number of carbonyl (C=O) groups excluding carboxylic acids is 2. The molecule has 0 aromatic heterocycles. The molecule has 0 aliphatic heterocycles. The molecule has 3 rings (SSSR count). The first kappa shape index (κ1) is 25.0. The number of hydrogen-bond donors (Lipinski definition) is 2. The van der Waals surface area contributed by atoms with Crippen LogP contribution in [0.25, 0.3) is 6.08 Å². The quantitative estimate of drug-likeness (QED) is 0.269. The zero-order valence-electron chi connectivity index (χ0n) is 18.4. The number of carbonyl (C=O) groups is 2. The van der Waals surface area contributed by atoms with Crippen LogP contribution in [0.5, 0.6) is 0 Å². The number of hydrazone groups is 1. The molecule has 0 heterocycles. The van der Waals surface area contributed by atoms with Gasteiger partial charge in [-0.3, -0.25) is 9.59 Å². The van der Waals surface area contributed by atoms with Gasteiger partial charge in [0.05, 0.1) is 21.8 Å². The van der Waals surface area contributed by atoms with Gasteiger partial charge in [0.2, 0.25) is 0 Å². The third-order valence-electron chi connectivity index (χ3n) is 4.69. The normalized spacial score (nSPS) is 11.4. The van der Waals surface area contributed by atoms with E-state index in [0.29, 0.717) is 5.56 Å². The van der Waals surface area contributed by atoms with Crippen molar-refractivity contribution in [3.8, 4) is 0 Å². The number of nitrogens with one attached hydrogen (secondary N) is 2. The van der Waals surface area contributed by atoms with E-state index in [2.05, 4.69) is 15.8 Å². The lowest BCUT2D eigenvalue weighted by Crippen LogP contribution is -2.33. The van der Waals surface area contributed by atoms with Gasteiger partial charge in [-0.1, -0.05) is 53.5 Å². The maximum absolute atomic E-state index is 13.9. The fourth-order valence-corrected chi connectivity index (χ4v) is 3.31. The van der Waals surface area contributed by atoms with E-state index in [9.17, 15) is 14.0 Å². The standard InChI is InChI=1S/C25H21Cl2FN4O2/c1-32(2)17-12-10-16(11-13-17)14-23(30-24(33)18-6-3-4-7-20(18)26)25(34)31-29-15-19-21(27)8-5-9-22(19)28/h3-15H,1-2H3,(H,30,33)(H,31,34). The Bertz CT molecular complexity index is 1240. The second kappa shape index (κ2) is 11.4. The number of amides is 2. The summed E-state index contributed by atoms with van der Waals surface area (Å²) in [7, 11) is 3.82. The van der Waals surface area contributed by atoms with Gasteiger partial charge >= 0.3 is 0 Å². The second-order valence-electron chi connectivity index (χ2n) is 7.31. The molecule has 34 heavy (non-hydrogen) atoms. The highest BCUT2D eigenvalue weighted by molar-refractivity contribution is 6.34. The number of hydrogen-bond acceptors (Lipinski definition) is 4. The van der Waals surface area contributed by atoms with E-state index < -0.39 is 17.6 Å². The van der Waals surface area contributed by atoms with Crippen molar-refractivity contribution < 1.29 is 14.0 Å². The molecule has 0 fully saturated rings. The Balaban J connectivity index is 1.87. The third-order valence-corrected chi connectivity index (χ3v) is 5.35. The molecule has 3 aromatic carbocycles. The number of benzene rings is 3. The van der Waals surface area contributed by atoms with Crippen molar-refractivity contribution in [2.24, 2.45) is 5.10 Å². The van der Waals surface area contributed by atoms with Gasteiger partial charge in [0.1, 0.15) is 11.5 Å². The van der Waals surface area contributed by atoms with Crippen LogP contribution >= 0.6 is 23.2 Å². The SMILES string of the molecule is CN(C)c1ccc(C=C(NC(=O)c2ccccc2Cl)C(=O)NN=Cc2c(F)cccc2Cl)cc1. The summed E-state index contributed by atoms with van der Waals surface area (Å²) >= 11 is 12.1. The topological polar surface area (TPSA) is 73.8 Å². The summed E-state index contributed by atoms with van der Waals surface area (Å²) in [6.45, 7) is 0. The van der Waals surface area contributed by atoms with Gasteiger partial charge in [0.15, 0.2) is 0 Å². The average molecular weight is 499 g/mol. The van der Waals surface area contributed by atoms with E-state index in [1.807, 2.05) is 31.1 Å². The fourth-order valence-electron chi connectivity index (χ4n) is 2.88. The molecular formula is C25H21Cl2FN4O2. The van der Waals surface area contributed by atoms with Crippen molar-refractivity contribution in [3.63, 3.8) is 0 Å². The van der Waals surface area contributed by atoms with Crippen LogP contribution in [0.2, 0.25) is 10.0 Å². The van der Waals surface area contributed by atoms with Crippen LogP contribution < -0.4 is 15.6 Å². The molecule has 174 valence electrons. The van der Waals surface area contributed by atoms with Crippen molar-refractivity contribution in [1.82, 2.24) is 10.7 Å². The van der Waals surface area contributed by atoms with Crippen molar-refractivity contribution in [2.75, 3.05) is 19.0 Å². The minimum Gasteiger partial charge on any atom is -0.378 e. The van der Waals surface area contributed by atoms with Crippen molar-refractivity contribution in [3.05, 3.63) is 105 Å². The number of rotatable bonds is 7. The van der Waals surface area contributed by atoms with Crippen molar-refractivity contribution in [2.45, 2.75) is 0 Å². The van der Waals surface area contributed by atoms with Gasteiger partial charge < -0.3 is 10.2 Å². The summed E-state index contributed by atoms with van der Waals surface area (Å²) in [5.41, 5.74) is 4.06. The molecule has 0 aliphatic rings. The van der Waals surface area contributed by atoms with Gasteiger partial charge in [-0.05, 0) is 48.0 Å². The lowest BCUT2D eigenvalue weighted by Gasteiger charge is -2.13. The predicted molar refractivity (Wildman–Crippen MR) is 135 cm³/mol. The Hall–Kier alpha value is -3.68. The highest BCUT2D eigenvalue weighted by Crippen LogP contribution is 2.18. The van der Waals surface area contributed by atoms with Crippen molar-refractivity contribution >= 4 is 53.0 Å². The summed E-state index contributed by atoms with van der Waals surface area (Å²) in [6, 6.07) is 18.0. The van der Waals surface area contributed by atoms with Crippen molar-refractivity contribution in [1.29, 1.82) is 0 Å². The van der Waals surface area contributed by atoms with E-state index in [4.69, 9.17) is 23.2 Å². The summed E-state index contributed by atoms with van der Waals surface area (Å²) < 4.78 is 13.9. The largest absolute Gasteiger partial charge is 0.378 e. The van der Waals surface area contributed by atoms with Crippen LogP contribution in [0.1, 0.15) is 21.5 Å². The van der Waals surface area contributed by atoms with Crippen LogP contribution in [-0.2, 0) is 4.79 Å². The third kappa shape index (κ3) is 6.43. The van der Waals surface area contributed by atoms with Gasteiger partial charge in [-0.2, -0.15) is 5.10 Å². The summed E-state index contributed by atoms with van der Waals surface area (Å²) in [4.78, 5) is 27.6. The highest BCUT2D eigenvalue weighted by atomic mass is 35.5. The number of anilines is 1. The first-order chi connectivity index (χ1) is 16.3. The monoisotopic (exact) mass is 498 g/mol. The summed E-state index contributed by atoms with van der Waals surface area (Å²) in [5, 5.41) is 6.74. The number of halogens is 3. The van der Waals surface area contributed by atoms with Crippen LogP contribution in [0, 0.1) is 5.82 Å². The van der Waals surface area contributed by atoms with E-state index in [0.717, 1.165) is 11.9 Å². The Morgan fingerprint density at radius 2 is 1.62 bits per heavy atom. The molecule has 0 saturated heterocycles. The van der Waals surface area contributed by atoms with E-state index in [-0.39, 0.29) is 26.9 Å². The van der Waals surface area contributed by atoms with Gasteiger partial charge in [0.25, 0.3) is 11.8 Å². The highest BCUT2D eigenvalue weighted by Gasteiger charge is 2.16. The number of nitrogens with zero attached hydrogens (tertiary/aromatic N) is 2. The molecule has 0 atom stereocenters. The van der Waals surface area contributed by atoms with E-state index >= 15 is 0 Å².